The molecule has 138 valence electrons. The summed E-state index contributed by atoms with van der Waals surface area (Å²) >= 11 is 3.49. The fourth-order valence-corrected chi connectivity index (χ4v) is 5.69. The summed E-state index contributed by atoms with van der Waals surface area (Å²) in [6.07, 6.45) is -0.177. The van der Waals surface area contributed by atoms with Crippen LogP contribution >= 0.6 is 22.7 Å². The molecule has 1 atom stereocenters. The van der Waals surface area contributed by atoms with Crippen molar-refractivity contribution in [2.24, 2.45) is 0 Å². The number of carbonyl (C=O) groups is 1. The number of thiophene rings is 2. The van der Waals surface area contributed by atoms with Gasteiger partial charge < -0.3 is 4.90 Å². The summed E-state index contributed by atoms with van der Waals surface area (Å²) in [4.78, 5) is 21.2. The van der Waals surface area contributed by atoms with Crippen LogP contribution in [-0.4, -0.2) is 13.0 Å². The molecule has 0 saturated heterocycles. The third-order valence-electron chi connectivity index (χ3n) is 5.02. The van der Waals surface area contributed by atoms with E-state index in [4.69, 9.17) is 0 Å². The molecule has 0 fully saturated rings. The van der Waals surface area contributed by atoms with Crippen molar-refractivity contribution >= 4 is 40.0 Å². The minimum atomic E-state index is -0.177. The van der Waals surface area contributed by atoms with Gasteiger partial charge in [-0.15, -0.1) is 22.7 Å². The number of para-hydroxylation sites is 2. The SMILES string of the molecule is CN1c2ccccc2C(=O)N(c2ccccc2)C1c1ccc(-c2cccs2)s1. The summed E-state index contributed by atoms with van der Waals surface area (Å²) < 4.78 is 0. The minimum Gasteiger partial charge on any atom is -0.349 e. The van der Waals surface area contributed by atoms with Crippen molar-refractivity contribution in [1.82, 2.24) is 0 Å². The first-order valence-electron chi connectivity index (χ1n) is 9.08. The summed E-state index contributed by atoms with van der Waals surface area (Å²) in [6, 6.07) is 26.3. The molecule has 4 aromatic rings. The maximum Gasteiger partial charge on any atom is 0.262 e. The number of hydrogen-bond acceptors (Lipinski definition) is 4. The highest BCUT2D eigenvalue weighted by molar-refractivity contribution is 7.21. The maximum atomic E-state index is 13.5. The largest absolute Gasteiger partial charge is 0.349 e. The van der Waals surface area contributed by atoms with E-state index in [1.807, 2.05) is 59.5 Å². The highest BCUT2D eigenvalue weighted by atomic mass is 32.1. The predicted octanol–water partition coefficient (Wildman–Crippen LogP) is 6.27. The van der Waals surface area contributed by atoms with Gasteiger partial charge >= 0.3 is 0 Å². The number of carbonyl (C=O) groups excluding carboxylic acids is 1. The standard InChI is InChI=1S/C23H18N2OS2/c1-24-18-11-6-5-10-17(18)23(26)25(16-8-3-2-4-9-16)22(24)21-14-13-20(28-21)19-12-7-15-27-19/h2-15,22H,1H3. The molecule has 28 heavy (non-hydrogen) atoms. The third-order valence-corrected chi connectivity index (χ3v) is 7.22. The van der Waals surface area contributed by atoms with E-state index in [1.165, 1.54) is 9.75 Å². The van der Waals surface area contributed by atoms with Crippen LogP contribution in [-0.2, 0) is 0 Å². The number of anilines is 2. The summed E-state index contributed by atoms with van der Waals surface area (Å²) in [7, 11) is 2.07. The molecule has 0 aliphatic carbocycles. The molecule has 2 aromatic heterocycles. The van der Waals surface area contributed by atoms with E-state index in [0.29, 0.717) is 0 Å². The lowest BCUT2D eigenvalue weighted by Crippen LogP contribution is -2.47. The summed E-state index contributed by atoms with van der Waals surface area (Å²) in [6.45, 7) is 0. The number of amides is 1. The lowest BCUT2D eigenvalue weighted by atomic mass is 10.0. The van der Waals surface area contributed by atoms with Gasteiger partial charge in [0.15, 0.2) is 0 Å². The Morgan fingerprint density at radius 1 is 0.821 bits per heavy atom. The van der Waals surface area contributed by atoms with E-state index in [9.17, 15) is 4.79 Å². The fraction of sp³-hybridized carbons (Fsp3) is 0.0870. The van der Waals surface area contributed by atoms with Gasteiger partial charge in [0, 0.05) is 27.4 Å². The van der Waals surface area contributed by atoms with E-state index in [-0.39, 0.29) is 12.1 Å². The molecule has 0 bridgehead atoms. The van der Waals surface area contributed by atoms with E-state index in [2.05, 4.69) is 41.6 Å². The van der Waals surface area contributed by atoms with Crippen molar-refractivity contribution < 1.29 is 4.79 Å². The lowest BCUT2D eigenvalue weighted by Gasteiger charge is -2.43. The Bertz CT molecular complexity index is 1120. The summed E-state index contributed by atoms with van der Waals surface area (Å²) in [5.41, 5.74) is 2.61. The van der Waals surface area contributed by atoms with Gasteiger partial charge in [-0.05, 0) is 47.8 Å². The van der Waals surface area contributed by atoms with Gasteiger partial charge in [0.05, 0.1) is 11.3 Å². The van der Waals surface area contributed by atoms with Gasteiger partial charge in [-0.3, -0.25) is 9.69 Å². The first-order valence-corrected chi connectivity index (χ1v) is 10.8. The van der Waals surface area contributed by atoms with Crippen LogP contribution in [0.1, 0.15) is 21.4 Å². The Balaban J connectivity index is 1.66. The van der Waals surface area contributed by atoms with Gasteiger partial charge in [-0.25, -0.2) is 0 Å². The van der Waals surface area contributed by atoms with Crippen LogP contribution in [0, 0.1) is 0 Å². The molecule has 5 rings (SSSR count). The molecule has 3 heterocycles. The molecular weight excluding hydrogens is 384 g/mol. The van der Waals surface area contributed by atoms with Crippen LogP contribution in [0.3, 0.4) is 0 Å². The maximum absolute atomic E-state index is 13.5. The second kappa shape index (κ2) is 6.93. The molecular formula is C23H18N2OS2. The van der Waals surface area contributed by atoms with Crippen molar-refractivity contribution in [2.45, 2.75) is 6.17 Å². The highest BCUT2D eigenvalue weighted by Gasteiger charge is 2.38. The zero-order valence-corrected chi connectivity index (χ0v) is 16.9. The van der Waals surface area contributed by atoms with Crippen LogP contribution in [0.15, 0.2) is 84.2 Å². The van der Waals surface area contributed by atoms with Crippen LogP contribution < -0.4 is 9.80 Å². The number of rotatable bonds is 3. The van der Waals surface area contributed by atoms with Gasteiger partial charge in [-0.2, -0.15) is 0 Å². The molecule has 2 aromatic carbocycles. The van der Waals surface area contributed by atoms with Crippen LogP contribution in [0.4, 0.5) is 11.4 Å². The zero-order valence-electron chi connectivity index (χ0n) is 15.3. The zero-order chi connectivity index (χ0) is 19.1. The second-order valence-electron chi connectivity index (χ2n) is 6.69. The van der Waals surface area contributed by atoms with E-state index >= 15 is 0 Å². The third kappa shape index (κ3) is 2.75. The van der Waals surface area contributed by atoms with Gasteiger partial charge in [0.1, 0.15) is 6.17 Å². The molecule has 0 saturated carbocycles. The quantitative estimate of drug-likeness (QED) is 0.403. The average Bonchev–Trinajstić information content (AvgIpc) is 3.43. The Kier molecular flexibility index (Phi) is 4.26. The van der Waals surface area contributed by atoms with E-state index in [1.54, 1.807) is 22.7 Å². The Hall–Kier alpha value is -2.89. The number of benzene rings is 2. The minimum absolute atomic E-state index is 0.0379. The van der Waals surface area contributed by atoms with Crippen molar-refractivity contribution in [3.63, 3.8) is 0 Å². The molecule has 0 radical (unpaired) electrons. The molecule has 1 aliphatic rings. The molecule has 0 N–H and O–H groups in total. The molecule has 1 amide bonds. The van der Waals surface area contributed by atoms with E-state index in [0.717, 1.165) is 21.8 Å². The smallest absolute Gasteiger partial charge is 0.262 e. The van der Waals surface area contributed by atoms with Crippen molar-refractivity contribution in [3.8, 4) is 9.75 Å². The topological polar surface area (TPSA) is 23.6 Å². The fourth-order valence-electron chi connectivity index (χ4n) is 3.72. The average molecular weight is 403 g/mol. The van der Waals surface area contributed by atoms with Gasteiger partial charge in [0.25, 0.3) is 5.91 Å². The Morgan fingerprint density at radius 3 is 2.39 bits per heavy atom. The van der Waals surface area contributed by atoms with Crippen molar-refractivity contribution in [3.05, 3.63) is 94.7 Å². The predicted molar refractivity (Wildman–Crippen MR) is 118 cm³/mol. The monoisotopic (exact) mass is 402 g/mol. The van der Waals surface area contributed by atoms with Crippen molar-refractivity contribution in [2.75, 3.05) is 16.8 Å². The molecule has 3 nitrogen and oxygen atoms in total. The molecule has 5 heteroatoms. The molecule has 1 aliphatic heterocycles. The number of hydrogen-bond donors (Lipinski definition) is 0. The normalized spacial score (nSPS) is 16.3. The van der Waals surface area contributed by atoms with Crippen LogP contribution in [0.5, 0.6) is 0 Å². The first-order chi connectivity index (χ1) is 13.7. The van der Waals surface area contributed by atoms with E-state index < -0.39 is 0 Å². The van der Waals surface area contributed by atoms with Crippen LogP contribution in [0.2, 0.25) is 0 Å². The number of nitrogens with zero attached hydrogens (tertiary/aromatic N) is 2. The second-order valence-corrected chi connectivity index (χ2v) is 8.75. The van der Waals surface area contributed by atoms with Gasteiger partial charge in [0.2, 0.25) is 0 Å². The van der Waals surface area contributed by atoms with Crippen molar-refractivity contribution in [1.29, 1.82) is 0 Å². The molecule has 1 unspecified atom stereocenters. The van der Waals surface area contributed by atoms with Crippen LogP contribution in [0.25, 0.3) is 9.75 Å². The first kappa shape index (κ1) is 17.2. The Labute approximate surface area is 172 Å². The Morgan fingerprint density at radius 2 is 1.61 bits per heavy atom. The van der Waals surface area contributed by atoms with Gasteiger partial charge in [-0.1, -0.05) is 36.4 Å². The molecule has 0 spiro atoms. The lowest BCUT2D eigenvalue weighted by molar-refractivity contribution is 0.0970. The summed E-state index contributed by atoms with van der Waals surface area (Å²) in [5, 5.41) is 2.09. The number of fused-ring (bicyclic) bond motifs is 1. The summed E-state index contributed by atoms with van der Waals surface area (Å²) in [5.74, 6) is 0.0379. The highest BCUT2D eigenvalue weighted by Crippen LogP contribution is 2.44.